The fraction of sp³-hybridized carbons (Fsp3) is 0.615. The first-order valence-corrected chi connectivity index (χ1v) is 28.6. The topological polar surface area (TPSA) is 265 Å². The summed E-state index contributed by atoms with van der Waals surface area (Å²) in [5.41, 5.74) is 4.58. The lowest BCUT2D eigenvalue weighted by molar-refractivity contribution is -0.161. The van der Waals surface area contributed by atoms with E-state index in [9.17, 15) is 43.5 Å². The average molecular weight is 1050 g/mol. The molecule has 2 rings (SSSR count). The van der Waals surface area contributed by atoms with Crippen molar-refractivity contribution in [2.24, 2.45) is 0 Å². The van der Waals surface area contributed by atoms with Crippen molar-refractivity contribution < 1.29 is 66.3 Å². The number of aliphatic hydroxyl groups is 2. The molecule has 72 heavy (non-hydrogen) atoms. The zero-order valence-electron chi connectivity index (χ0n) is 42.4. The van der Waals surface area contributed by atoms with E-state index in [4.69, 9.17) is 29.0 Å². The maximum absolute atomic E-state index is 12.8. The second-order valence-corrected chi connectivity index (χ2v) is 20.4. The Balaban J connectivity index is 1.85. The third-order valence-electron chi connectivity index (χ3n) is 11.0. The van der Waals surface area contributed by atoms with Gasteiger partial charge >= 0.3 is 33.3 Å². The minimum Gasteiger partial charge on any atom is -0.462 e. The van der Waals surface area contributed by atoms with E-state index in [0.717, 1.165) is 55.7 Å². The van der Waals surface area contributed by atoms with Crippen LogP contribution in [0, 0.1) is 0 Å². The van der Waals surface area contributed by atoms with Gasteiger partial charge in [-0.2, -0.15) is 9.29 Å². The van der Waals surface area contributed by atoms with Gasteiger partial charge in [0, 0.05) is 19.0 Å². The van der Waals surface area contributed by atoms with Crippen LogP contribution in [-0.4, -0.2) is 85.7 Å². The molecule has 0 amide bonds. The molecule has 0 bridgehead atoms. The van der Waals surface area contributed by atoms with Gasteiger partial charge in [0.05, 0.1) is 13.2 Å². The van der Waals surface area contributed by atoms with Gasteiger partial charge in [-0.15, -0.1) is 0 Å². The first-order valence-electron chi connectivity index (χ1n) is 25.6. The minimum atomic E-state index is -5.45. The lowest BCUT2D eigenvalue weighted by Crippen LogP contribution is -2.36. The molecule has 6 N–H and O–H groups in total. The molecule has 0 aliphatic carbocycles. The Bertz CT molecular complexity index is 2040. The zero-order chi connectivity index (χ0) is 52.7. The molecule has 0 radical (unpaired) electrons. The molecule has 1 fully saturated rings. The van der Waals surface area contributed by atoms with Crippen molar-refractivity contribution in [3.05, 3.63) is 108 Å². The lowest BCUT2D eigenvalue weighted by atomic mass is 10.1. The van der Waals surface area contributed by atoms with Crippen LogP contribution in [0.2, 0.25) is 0 Å². The Labute approximate surface area is 427 Å². The Hall–Kier alpha value is -4.06. The van der Waals surface area contributed by atoms with E-state index >= 15 is 0 Å². The van der Waals surface area contributed by atoms with Crippen LogP contribution < -0.4 is 11.4 Å². The number of hydrogen-bond acceptors (Lipinski definition) is 15. The molecule has 20 heteroatoms. The van der Waals surface area contributed by atoms with Gasteiger partial charge in [0.25, 0.3) is 0 Å². The van der Waals surface area contributed by atoms with Crippen LogP contribution in [0.15, 0.2) is 102 Å². The predicted octanol–water partition coefficient (Wildman–Crippen LogP) is 10.7. The smallest absolute Gasteiger partial charge is 0.462 e. The number of esters is 2. The molecule has 1 aromatic rings. The summed E-state index contributed by atoms with van der Waals surface area (Å²) in [6.45, 7) is 2.01. The molecule has 7 atom stereocenters. The first kappa shape index (κ1) is 64.1. The van der Waals surface area contributed by atoms with Crippen LogP contribution in [-0.2, 0) is 46.3 Å². The Morgan fingerprint density at radius 2 is 1.12 bits per heavy atom. The number of phosphoric ester groups is 2. The SMILES string of the molecule is CCCCC/C=C\C/C=C\C/C=C\C/C=C\CCCC(=O)OC[C@H](COP(=O)(O)OP(=O)(O)OC[C@H]1O[C@@H](n2ccc(N)nc2=O)C(O)[C@H]1O)OC(=O)CCC/C=C\C/C=C\C/C=C\CCCCCCCC. The predicted molar refractivity (Wildman–Crippen MR) is 279 cm³/mol. The van der Waals surface area contributed by atoms with Gasteiger partial charge in [-0.1, -0.05) is 144 Å². The Kier molecular flexibility index (Phi) is 35.1. The summed E-state index contributed by atoms with van der Waals surface area (Å²) in [4.78, 5) is 61.9. The summed E-state index contributed by atoms with van der Waals surface area (Å²) < 4.78 is 56.7. The Morgan fingerprint density at radius 1 is 0.667 bits per heavy atom. The van der Waals surface area contributed by atoms with Gasteiger partial charge in [0.1, 0.15) is 30.7 Å². The van der Waals surface area contributed by atoms with E-state index < -0.39 is 83.7 Å². The summed E-state index contributed by atoms with van der Waals surface area (Å²) in [5, 5.41) is 20.9. The number of phosphoric acid groups is 2. The van der Waals surface area contributed by atoms with Gasteiger partial charge in [-0.25, -0.2) is 13.9 Å². The number of hydrogen-bond donors (Lipinski definition) is 5. The third kappa shape index (κ3) is 31.5. The minimum absolute atomic E-state index is 0.0362. The number of nitrogen functional groups attached to an aromatic ring is 1. The number of aromatic nitrogens is 2. The number of ether oxygens (including phenoxy) is 3. The van der Waals surface area contributed by atoms with Gasteiger partial charge in [0.2, 0.25) is 0 Å². The van der Waals surface area contributed by atoms with Crippen LogP contribution in [0.5, 0.6) is 0 Å². The molecule has 1 saturated heterocycles. The first-order chi connectivity index (χ1) is 34.7. The largest absolute Gasteiger partial charge is 0.481 e. The third-order valence-corrected chi connectivity index (χ3v) is 13.6. The van der Waals surface area contributed by atoms with Crippen molar-refractivity contribution in [3.8, 4) is 0 Å². The maximum atomic E-state index is 12.8. The average Bonchev–Trinajstić information content (AvgIpc) is 3.62. The molecule has 3 unspecified atom stereocenters. The monoisotopic (exact) mass is 1050 g/mol. The second kappa shape index (κ2) is 39.4. The fourth-order valence-corrected chi connectivity index (χ4v) is 9.08. The molecule has 1 aliphatic heterocycles. The number of nitrogens with zero attached hydrogens (tertiary/aromatic N) is 2. The molecule has 406 valence electrons. The highest BCUT2D eigenvalue weighted by Crippen LogP contribution is 2.60. The lowest BCUT2D eigenvalue weighted by Gasteiger charge is -2.21. The van der Waals surface area contributed by atoms with Crippen LogP contribution >= 0.6 is 15.6 Å². The maximum Gasteiger partial charge on any atom is 0.481 e. The molecular weight excluding hydrogens is 969 g/mol. The van der Waals surface area contributed by atoms with E-state index in [2.05, 4.69) is 83.9 Å². The van der Waals surface area contributed by atoms with E-state index in [0.29, 0.717) is 25.7 Å². The molecule has 18 nitrogen and oxygen atoms in total. The standard InChI is InChI=1S/C52H83N3O15P2/c1-3-5-7-9-11-13-15-17-19-21-23-25-27-29-31-33-35-37-47(56)65-41-44(68-48(57)38-36-34-32-30-28-26-24-22-20-18-16-14-12-10-8-6-4-2)42-66-71(61,62)70-72(63,64)67-43-45-49(58)50(59)51(69-45)55-40-39-46(53)54-52(55)60/h11,13,17-20,23-26,29-32,39-40,44-45,49-51,58-59H,3-10,12,14-16,21-22,27-28,33-38,41-43H2,1-2H3,(H,61,62)(H,63,64)(H2,53,54,60)/b13-11-,19-17-,20-18-,25-23-,26-24-,31-29-,32-30-/t44-,45-,49+,50?,51-/m1/s1. The van der Waals surface area contributed by atoms with Crippen molar-refractivity contribution in [2.45, 2.75) is 186 Å². The summed E-state index contributed by atoms with van der Waals surface area (Å²) in [6, 6.07) is 1.24. The van der Waals surface area contributed by atoms with E-state index in [1.807, 2.05) is 24.3 Å². The summed E-state index contributed by atoms with van der Waals surface area (Å²) in [5.74, 6) is -1.43. The number of carbonyl (C=O) groups excluding carboxylic acids is 2. The highest BCUT2D eigenvalue weighted by atomic mass is 31.3. The number of carbonyl (C=O) groups is 2. The number of allylic oxidation sites excluding steroid dienone is 14. The summed E-state index contributed by atoms with van der Waals surface area (Å²) in [7, 11) is -10.9. The van der Waals surface area contributed by atoms with E-state index in [1.54, 1.807) is 0 Å². The van der Waals surface area contributed by atoms with Crippen molar-refractivity contribution in [1.29, 1.82) is 0 Å². The van der Waals surface area contributed by atoms with Crippen LogP contribution in [0.1, 0.15) is 161 Å². The molecule has 1 aliphatic rings. The van der Waals surface area contributed by atoms with Crippen molar-refractivity contribution >= 4 is 33.4 Å². The highest BCUT2D eigenvalue weighted by molar-refractivity contribution is 7.61. The Morgan fingerprint density at radius 3 is 1.67 bits per heavy atom. The summed E-state index contributed by atoms with van der Waals surface area (Å²) in [6.07, 6.45) is 42.5. The van der Waals surface area contributed by atoms with Crippen molar-refractivity contribution in [3.63, 3.8) is 0 Å². The normalized spacial score (nSPS) is 19.8. The zero-order valence-corrected chi connectivity index (χ0v) is 44.2. The van der Waals surface area contributed by atoms with Gasteiger partial charge in [-0.3, -0.25) is 23.2 Å². The number of nitrogens with two attached hydrogens (primary N) is 1. The molecule has 0 spiro atoms. The molecule has 0 aromatic carbocycles. The number of aliphatic hydroxyl groups excluding tert-OH is 2. The van der Waals surface area contributed by atoms with E-state index in [1.165, 1.54) is 63.9 Å². The molecule has 0 saturated carbocycles. The van der Waals surface area contributed by atoms with E-state index in [-0.39, 0.29) is 18.7 Å². The summed E-state index contributed by atoms with van der Waals surface area (Å²) >= 11 is 0. The number of anilines is 1. The molecule has 2 heterocycles. The molecular formula is C52H83N3O15P2. The van der Waals surface area contributed by atoms with Crippen LogP contribution in [0.3, 0.4) is 0 Å². The van der Waals surface area contributed by atoms with Crippen molar-refractivity contribution in [1.82, 2.24) is 9.55 Å². The van der Waals surface area contributed by atoms with Gasteiger partial charge in [0.15, 0.2) is 12.3 Å². The number of rotatable bonds is 41. The van der Waals surface area contributed by atoms with Crippen LogP contribution in [0.25, 0.3) is 0 Å². The highest BCUT2D eigenvalue weighted by Gasteiger charge is 2.46. The quantitative estimate of drug-likeness (QED) is 0.0177. The van der Waals surface area contributed by atoms with Gasteiger partial charge in [-0.05, 0) is 89.5 Å². The van der Waals surface area contributed by atoms with Gasteiger partial charge < -0.3 is 39.9 Å². The molecule has 1 aromatic heterocycles. The second-order valence-electron chi connectivity index (χ2n) is 17.3. The van der Waals surface area contributed by atoms with Crippen molar-refractivity contribution in [2.75, 3.05) is 25.6 Å². The number of unbranched alkanes of at least 4 members (excludes halogenated alkanes) is 11. The van der Waals surface area contributed by atoms with Crippen LogP contribution in [0.4, 0.5) is 5.82 Å². The fourth-order valence-electron chi connectivity index (χ4n) is 6.97.